The summed E-state index contributed by atoms with van der Waals surface area (Å²) in [7, 11) is 1.60. The van der Waals surface area contributed by atoms with E-state index in [9.17, 15) is 5.26 Å². The van der Waals surface area contributed by atoms with Crippen molar-refractivity contribution >= 4 is 23.3 Å². The highest BCUT2D eigenvalue weighted by Gasteiger charge is 2.12. The van der Waals surface area contributed by atoms with Crippen LogP contribution in [0.15, 0.2) is 36.4 Å². The molecule has 0 amide bonds. The Labute approximate surface area is 153 Å². The topological polar surface area (TPSA) is 51.5 Å². The molecule has 0 aliphatic heterocycles. The fourth-order valence-electron chi connectivity index (χ4n) is 2.34. The molecule has 2 rings (SSSR count). The molecule has 0 unspecified atom stereocenters. The first kappa shape index (κ1) is 18.7. The lowest BCUT2D eigenvalue weighted by Crippen LogP contribution is -1.99. The van der Waals surface area contributed by atoms with Gasteiger partial charge in [0.25, 0.3) is 0 Å². The molecule has 0 radical (unpaired) electrons. The van der Waals surface area contributed by atoms with E-state index in [1.165, 1.54) is 0 Å². The minimum atomic E-state index is 0.450. The van der Waals surface area contributed by atoms with E-state index in [0.717, 1.165) is 16.9 Å². The highest BCUT2D eigenvalue weighted by Crippen LogP contribution is 2.37. The van der Waals surface area contributed by atoms with Crippen LogP contribution in [-0.4, -0.2) is 20.3 Å². The highest BCUT2D eigenvalue weighted by atomic mass is 35.5. The third-order valence-corrected chi connectivity index (χ3v) is 3.73. The van der Waals surface area contributed by atoms with Crippen molar-refractivity contribution in [2.45, 2.75) is 13.8 Å². The molecule has 130 valence electrons. The zero-order valence-corrected chi connectivity index (χ0v) is 15.3. The van der Waals surface area contributed by atoms with Gasteiger partial charge < -0.3 is 14.2 Å². The third-order valence-electron chi connectivity index (χ3n) is 3.45. The number of ether oxygens (including phenoxy) is 3. The Bertz CT molecular complexity index is 792. The maximum Gasteiger partial charge on any atom is 0.179 e. The predicted octanol–water partition coefficient (Wildman–Crippen LogP) is 5.21. The lowest BCUT2D eigenvalue weighted by atomic mass is 10.0. The van der Waals surface area contributed by atoms with Crippen LogP contribution in [0.25, 0.3) is 11.6 Å². The normalized spacial score (nSPS) is 10.9. The Morgan fingerprint density at radius 2 is 1.80 bits per heavy atom. The minimum absolute atomic E-state index is 0.450. The van der Waals surface area contributed by atoms with Crippen LogP contribution in [0.2, 0.25) is 5.02 Å². The average molecular weight is 358 g/mol. The molecule has 0 spiro atoms. The van der Waals surface area contributed by atoms with E-state index >= 15 is 0 Å². The first-order valence-corrected chi connectivity index (χ1v) is 8.36. The van der Waals surface area contributed by atoms with Crippen LogP contribution in [0.5, 0.6) is 17.2 Å². The fraction of sp³-hybridized carbons (Fsp3) is 0.250. The summed E-state index contributed by atoms with van der Waals surface area (Å²) < 4.78 is 16.3. The van der Waals surface area contributed by atoms with Crippen LogP contribution in [0.4, 0.5) is 0 Å². The van der Waals surface area contributed by atoms with E-state index in [-0.39, 0.29) is 0 Å². The van der Waals surface area contributed by atoms with Gasteiger partial charge in [0.15, 0.2) is 11.5 Å². The molecule has 5 heteroatoms. The molecule has 0 atom stereocenters. The summed E-state index contributed by atoms with van der Waals surface area (Å²) in [6.07, 6.45) is 1.77. The summed E-state index contributed by atoms with van der Waals surface area (Å²) in [4.78, 5) is 0. The predicted molar refractivity (Wildman–Crippen MR) is 100 cm³/mol. The largest absolute Gasteiger partial charge is 0.497 e. The number of allylic oxidation sites excluding steroid dienone is 1. The molecule has 0 fully saturated rings. The van der Waals surface area contributed by atoms with Crippen LogP contribution in [0.1, 0.15) is 25.0 Å². The summed E-state index contributed by atoms with van der Waals surface area (Å²) in [5.74, 6) is 1.82. The van der Waals surface area contributed by atoms with Crippen LogP contribution < -0.4 is 14.2 Å². The van der Waals surface area contributed by atoms with Gasteiger partial charge in [0.1, 0.15) is 5.75 Å². The van der Waals surface area contributed by atoms with Gasteiger partial charge in [0.05, 0.1) is 37.0 Å². The molecule has 25 heavy (non-hydrogen) atoms. The number of nitriles is 1. The van der Waals surface area contributed by atoms with Crippen molar-refractivity contribution in [3.05, 3.63) is 52.5 Å². The fourth-order valence-corrected chi connectivity index (χ4v) is 2.61. The van der Waals surface area contributed by atoms with Crippen molar-refractivity contribution in [2.24, 2.45) is 0 Å². The van der Waals surface area contributed by atoms with Gasteiger partial charge in [-0.1, -0.05) is 11.6 Å². The van der Waals surface area contributed by atoms with Crippen molar-refractivity contribution in [1.82, 2.24) is 0 Å². The second kappa shape index (κ2) is 9.00. The van der Waals surface area contributed by atoms with Crippen molar-refractivity contribution < 1.29 is 14.2 Å². The average Bonchev–Trinajstić information content (AvgIpc) is 2.63. The number of hydrogen-bond acceptors (Lipinski definition) is 4. The van der Waals surface area contributed by atoms with Crippen molar-refractivity contribution in [3.8, 4) is 23.3 Å². The summed E-state index contributed by atoms with van der Waals surface area (Å²) in [6.45, 7) is 4.76. The van der Waals surface area contributed by atoms with Crippen molar-refractivity contribution in [3.63, 3.8) is 0 Å². The van der Waals surface area contributed by atoms with Gasteiger partial charge in [-0.3, -0.25) is 0 Å². The molecular weight excluding hydrogens is 338 g/mol. The standard InChI is InChI=1S/C20H20ClNO3/c1-4-24-19-12-14(11-18(21)20(19)25-5-2)10-16(13-22)15-6-8-17(23-3)9-7-15/h6-12H,4-5H2,1-3H3/b16-10+. The molecule has 0 aliphatic rings. The minimum Gasteiger partial charge on any atom is -0.497 e. The van der Waals surface area contributed by atoms with Crippen molar-refractivity contribution in [2.75, 3.05) is 20.3 Å². The van der Waals surface area contributed by atoms with Gasteiger partial charge in [-0.25, -0.2) is 0 Å². The number of nitrogens with zero attached hydrogens (tertiary/aromatic N) is 1. The molecule has 2 aromatic rings. The summed E-state index contributed by atoms with van der Waals surface area (Å²) >= 11 is 6.33. The number of methoxy groups -OCH3 is 1. The Kier molecular flexibility index (Phi) is 6.73. The Morgan fingerprint density at radius 1 is 1.12 bits per heavy atom. The molecule has 0 saturated carbocycles. The van der Waals surface area contributed by atoms with Gasteiger partial charge in [0, 0.05) is 0 Å². The zero-order chi connectivity index (χ0) is 18.2. The molecule has 0 saturated heterocycles. The summed E-state index contributed by atoms with van der Waals surface area (Å²) in [5.41, 5.74) is 2.08. The summed E-state index contributed by atoms with van der Waals surface area (Å²) in [6, 6.07) is 13.1. The Hall–Kier alpha value is -2.64. The van der Waals surface area contributed by atoms with Gasteiger partial charge in [-0.2, -0.15) is 5.26 Å². The van der Waals surface area contributed by atoms with E-state index in [2.05, 4.69) is 6.07 Å². The lowest BCUT2D eigenvalue weighted by Gasteiger charge is -2.13. The molecule has 0 aromatic heterocycles. The van der Waals surface area contributed by atoms with E-state index in [1.807, 2.05) is 44.2 Å². The SMILES string of the molecule is CCOc1cc(/C=C(\C#N)c2ccc(OC)cc2)cc(Cl)c1OCC. The van der Waals surface area contributed by atoms with Crippen LogP contribution in [-0.2, 0) is 0 Å². The van der Waals surface area contributed by atoms with Gasteiger partial charge in [-0.05, 0) is 67.4 Å². The second-order valence-corrected chi connectivity index (χ2v) is 5.50. The van der Waals surface area contributed by atoms with Crippen LogP contribution >= 0.6 is 11.6 Å². The lowest BCUT2D eigenvalue weighted by molar-refractivity contribution is 0.288. The maximum atomic E-state index is 9.51. The first-order valence-electron chi connectivity index (χ1n) is 7.98. The smallest absolute Gasteiger partial charge is 0.179 e. The molecule has 0 bridgehead atoms. The van der Waals surface area contributed by atoms with E-state index in [0.29, 0.717) is 35.3 Å². The van der Waals surface area contributed by atoms with Crippen molar-refractivity contribution in [1.29, 1.82) is 5.26 Å². The Morgan fingerprint density at radius 3 is 2.36 bits per heavy atom. The number of benzene rings is 2. The molecular formula is C20H20ClNO3. The summed E-state index contributed by atoms with van der Waals surface area (Å²) in [5, 5.41) is 9.96. The van der Waals surface area contributed by atoms with Gasteiger partial charge >= 0.3 is 0 Å². The van der Waals surface area contributed by atoms with Gasteiger partial charge in [-0.15, -0.1) is 0 Å². The molecule has 0 N–H and O–H groups in total. The molecule has 4 nitrogen and oxygen atoms in total. The Balaban J connectivity index is 2.44. The van der Waals surface area contributed by atoms with Gasteiger partial charge in [0.2, 0.25) is 0 Å². The van der Waals surface area contributed by atoms with E-state index in [4.69, 9.17) is 25.8 Å². The quantitative estimate of drug-likeness (QED) is 0.504. The molecule has 2 aromatic carbocycles. The third kappa shape index (κ3) is 4.68. The van der Waals surface area contributed by atoms with Crippen LogP contribution in [0, 0.1) is 11.3 Å². The highest BCUT2D eigenvalue weighted by molar-refractivity contribution is 6.32. The number of hydrogen-bond donors (Lipinski definition) is 0. The van der Waals surface area contributed by atoms with E-state index < -0.39 is 0 Å². The van der Waals surface area contributed by atoms with Crippen LogP contribution in [0.3, 0.4) is 0 Å². The monoisotopic (exact) mass is 357 g/mol. The molecule has 0 heterocycles. The maximum absolute atomic E-state index is 9.51. The number of halogens is 1. The zero-order valence-electron chi connectivity index (χ0n) is 14.5. The van der Waals surface area contributed by atoms with E-state index in [1.54, 1.807) is 19.3 Å². The second-order valence-electron chi connectivity index (χ2n) is 5.09. The molecule has 0 aliphatic carbocycles. The first-order chi connectivity index (χ1) is 12.1. The number of rotatable bonds is 7.